The topological polar surface area (TPSA) is 110 Å². The minimum absolute atomic E-state index is 0.0554. The van der Waals surface area contributed by atoms with Gasteiger partial charge in [0, 0.05) is 18.8 Å². The lowest BCUT2D eigenvalue weighted by atomic mass is 10.4. The molecule has 0 aliphatic carbocycles. The standard InChI is InChI=1S/C10H15N3O4S2/c1-8-7-18(14,15)6-5-13(8)19(16,17)9-3-2-4-12-10(9)11/h2-4,8H,5-7H2,1H3,(H2,11,12). The van der Waals surface area contributed by atoms with Crippen molar-refractivity contribution in [1.82, 2.24) is 9.29 Å². The average molecular weight is 305 g/mol. The van der Waals surface area contributed by atoms with Crippen LogP contribution in [0.4, 0.5) is 5.82 Å². The lowest BCUT2D eigenvalue weighted by Gasteiger charge is -2.32. The molecule has 2 rings (SSSR count). The van der Waals surface area contributed by atoms with Crippen molar-refractivity contribution in [3.8, 4) is 0 Å². The zero-order valence-electron chi connectivity index (χ0n) is 10.4. The first-order chi connectivity index (χ1) is 8.74. The average Bonchev–Trinajstić information content (AvgIpc) is 2.27. The molecule has 1 aromatic rings. The van der Waals surface area contributed by atoms with Crippen molar-refractivity contribution in [2.24, 2.45) is 0 Å². The van der Waals surface area contributed by atoms with Gasteiger partial charge in [0.25, 0.3) is 0 Å². The van der Waals surface area contributed by atoms with E-state index in [1.807, 2.05) is 0 Å². The smallest absolute Gasteiger partial charge is 0.247 e. The highest BCUT2D eigenvalue weighted by molar-refractivity contribution is 7.92. The number of rotatable bonds is 2. The van der Waals surface area contributed by atoms with Crippen molar-refractivity contribution in [1.29, 1.82) is 0 Å². The summed E-state index contributed by atoms with van der Waals surface area (Å²) in [6.07, 6.45) is 1.40. The van der Waals surface area contributed by atoms with Crippen LogP contribution in [0.1, 0.15) is 6.92 Å². The molecule has 1 fully saturated rings. The van der Waals surface area contributed by atoms with Crippen LogP contribution in [-0.2, 0) is 19.9 Å². The molecular formula is C10H15N3O4S2. The Bertz CT molecular complexity index is 684. The van der Waals surface area contributed by atoms with Gasteiger partial charge in [-0.05, 0) is 19.1 Å². The largest absolute Gasteiger partial charge is 0.383 e. The molecule has 0 radical (unpaired) electrons. The Kier molecular flexibility index (Phi) is 3.54. The summed E-state index contributed by atoms with van der Waals surface area (Å²) >= 11 is 0. The minimum atomic E-state index is -3.81. The van der Waals surface area contributed by atoms with Crippen LogP contribution < -0.4 is 5.73 Å². The van der Waals surface area contributed by atoms with E-state index in [4.69, 9.17) is 5.73 Å². The monoisotopic (exact) mass is 305 g/mol. The summed E-state index contributed by atoms with van der Waals surface area (Å²) in [5.74, 6) is -0.425. The summed E-state index contributed by atoms with van der Waals surface area (Å²) in [5, 5.41) is 0. The van der Waals surface area contributed by atoms with Gasteiger partial charge in [0.15, 0.2) is 9.84 Å². The van der Waals surface area contributed by atoms with Gasteiger partial charge in [-0.3, -0.25) is 0 Å². The number of nitrogens with zero attached hydrogens (tertiary/aromatic N) is 2. The summed E-state index contributed by atoms with van der Waals surface area (Å²) in [6, 6.07) is 2.24. The third-order valence-electron chi connectivity index (χ3n) is 3.00. The molecule has 0 amide bonds. The van der Waals surface area contributed by atoms with E-state index in [9.17, 15) is 16.8 Å². The van der Waals surface area contributed by atoms with Crippen LogP contribution in [0.15, 0.2) is 23.2 Å². The minimum Gasteiger partial charge on any atom is -0.383 e. The number of aromatic nitrogens is 1. The summed E-state index contributed by atoms with van der Waals surface area (Å²) in [7, 11) is -6.98. The van der Waals surface area contributed by atoms with Crippen molar-refractivity contribution in [2.75, 3.05) is 23.8 Å². The second-order valence-electron chi connectivity index (χ2n) is 4.47. The highest BCUT2D eigenvalue weighted by Gasteiger charge is 2.37. The Morgan fingerprint density at radius 3 is 2.74 bits per heavy atom. The fraction of sp³-hybridized carbons (Fsp3) is 0.500. The van der Waals surface area contributed by atoms with E-state index in [1.54, 1.807) is 6.92 Å². The molecule has 1 unspecified atom stereocenters. The summed E-state index contributed by atoms with van der Waals surface area (Å²) in [5.41, 5.74) is 5.58. The van der Waals surface area contributed by atoms with Crippen LogP contribution >= 0.6 is 0 Å². The zero-order chi connectivity index (χ0) is 14.3. The van der Waals surface area contributed by atoms with Crippen LogP contribution in [0.3, 0.4) is 0 Å². The molecule has 1 saturated heterocycles. The predicted octanol–water partition coefficient (Wildman–Crippen LogP) is -0.529. The molecule has 1 aromatic heterocycles. The van der Waals surface area contributed by atoms with Crippen LogP contribution in [0, 0.1) is 0 Å². The van der Waals surface area contributed by atoms with Gasteiger partial charge in [0.1, 0.15) is 10.7 Å². The molecule has 0 saturated carbocycles. The Morgan fingerprint density at radius 2 is 2.16 bits per heavy atom. The third kappa shape index (κ3) is 2.72. The van der Waals surface area contributed by atoms with E-state index in [-0.39, 0.29) is 28.8 Å². The highest BCUT2D eigenvalue weighted by Crippen LogP contribution is 2.24. The number of nitrogen functional groups attached to an aromatic ring is 1. The second kappa shape index (κ2) is 4.73. The number of sulfonamides is 1. The van der Waals surface area contributed by atoms with Gasteiger partial charge in [-0.25, -0.2) is 21.8 Å². The van der Waals surface area contributed by atoms with Crippen molar-refractivity contribution in [3.05, 3.63) is 18.3 Å². The van der Waals surface area contributed by atoms with E-state index < -0.39 is 25.9 Å². The molecule has 106 valence electrons. The van der Waals surface area contributed by atoms with Gasteiger partial charge in [-0.2, -0.15) is 4.31 Å². The molecular weight excluding hydrogens is 290 g/mol. The van der Waals surface area contributed by atoms with Crippen LogP contribution in [-0.4, -0.2) is 50.2 Å². The van der Waals surface area contributed by atoms with Crippen LogP contribution in [0.5, 0.6) is 0 Å². The normalized spacial score (nSPS) is 24.2. The van der Waals surface area contributed by atoms with Crippen LogP contribution in [0.25, 0.3) is 0 Å². The molecule has 2 N–H and O–H groups in total. The van der Waals surface area contributed by atoms with Gasteiger partial charge in [-0.1, -0.05) is 0 Å². The fourth-order valence-corrected chi connectivity index (χ4v) is 5.55. The molecule has 0 spiro atoms. The van der Waals surface area contributed by atoms with Crippen molar-refractivity contribution in [3.63, 3.8) is 0 Å². The fourth-order valence-electron chi connectivity index (χ4n) is 2.09. The van der Waals surface area contributed by atoms with Gasteiger partial charge in [0.05, 0.1) is 11.5 Å². The molecule has 2 heterocycles. The molecule has 1 aliphatic rings. The van der Waals surface area contributed by atoms with Gasteiger partial charge >= 0.3 is 0 Å². The Morgan fingerprint density at radius 1 is 1.47 bits per heavy atom. The maximum absolute atomic E-state index is 12.4. The number of sulfone groups is 1. The van der Waals surface area contributed by atoms with Crippen molar-refractivity contribution >= 4 is 25.7 Å². The number of nitrogens with two attached hydrogens (primary N) is 1. The van der Waals surface area contributed by atoms with E-state index in [0.29, 0.717) is 0 Å². The molecule has 9 heteroatoms. The Labute approximate surface area is 112 Å². The first-order valence-corrected chi connectivity index (χ1v) is 8.93. The van der Waals surface area contributed by atoms with E-state index >= 15 is 0 Å². The zero-order valence-corrected chi connectivity index (χ0v) is 12.0. The van der Waals surface area contributed by atoms with Crippen molar-refractivity contribution in [2.45, 2.75) is 17.9 Å². The Balaban J connectivity index is 2.39. The molecule has 0 aromatic carbocycles. The quantitative estimate of drug-likeness (QED) is 0.786. The number of hydrogen-bond acceptors (Lipinski definition) is 6. The van der Waals surface area contributed by atoms with E-state index in [1.165, 1.54) is 22.6 Å². The summed E-state index contributed by atoms with van der Waals surface area (Å²) in [4.78, 5) is 3.67. The second-order valence-corrected chi connectivity index (χ2v) is 8.55. The molecule has 1 aliphatic heterocycles. The van der Waals surface area contributed by atoms with Gasteiger partial charge in [0.2, 0.25) is 10.0 Å². The Hall–Kier alpha value is -1.19. The lowest BCUT2D eigenvalue weighted by Crippen LogP contribution is -2.49. The third-order valence-corrected chi connectivity index (χ3v) is 6.85. The first-order valence-electron chi connectivity index (χ1n) is 5.67. The van der Waals surface area contributed by atoms with Gasteiger partial charge < -0.3 is 5.73 Å². The lowest BCUT2D eigenvalue weighted by molar-refractivity contribution is 0.357. The van der Waals surface area contributed by atoms with Crippen LogP contribution in [0.2, 0.25) is 0 Å². The molecule has 19 heavy (non-hydrogen) atoms. The number of anilines is 1. The molecule has 1 atom stereocenters. The van der Waals surface area contributed by atoms with Gasteiger partial charge in [-0.15, -0.1) is 0 Å². The molecule has 7 nitrogen and oxygen atoms in total. The summed E-state index contributed by atoms with van der Waals surface area (Å²) in [6.45, 7) is 1.51. The summed E-state index contributed by atoms with van der Waals surface area (Å²) < 4.78 is 49.0. The predicted molar refractivity (Wildman–Crippen MR) is 70.7 cm³/mol. The number of pyridine rings is 1. The number of hydrogen-bond donors (Lipinski definition) is 1. The van der Waals surface area contributed by atoms with E-state index in [0.717, 1.165) is 0 Å². The first kappa shape index (κ1) is 14.2. The van der Waals surface area contributed by atoms with E-state index in [2.05, 4.69) is 4.98 Å². The maximum atomic E-state index is 12.4. The SMILES string of the molecule is CC1CS(=O)(=O)CCN1S(=O)(=O)c1cccnc1N. The maximum Gasteiger partial charge on any atom is 0.247 e. The van der Waals surface area contributed by atoms with Crippen molar-refractivity contribution < 1.29 is 16.8 Å². The highest BCUT2D eigenvalue weighted by atomic mass is 32.2. The molecule has 0 bridgehead atoms.